The van der Waals surface area contributed by atoms with Gasteiger partial charge in [0.2, 0.25) is 0 Å². The lowest BCUT2D eigenvalue weighted by Gasteiger charge is -2.18. The van der Waals surface area contributed by atoms with E-state index < -0.39 is 17.0 Å². The Morgan fingerprint density at radius 3 is 2.14 bits per heavy atom. The zero-order valence-corrected chi connectivity index (χ0v) is 19.8. The van der Waals surface area contributed by atoms with Gasteiger partial charge >= 0.3 is 5.97 Å². The number of para-hydroxylation sites is 1. The first-order valence-corrected chi connectivity index (χ1v) is 12.2. The summed E-state index contributed by atoms with van der Waals surface area (Å²) in [6.07, 6.45) is 0. The summed E-state index contributed by atoms with van der Waals surface area (Å²) in [6, 6.07) is 30.0. The van der Waals surface area contributed by atoms with Gasteiger partial charge in [-0.1, -0.05) is 72.8 Å². The van der Waals surface area contributed by atoms with E-state index >= 15 is 0 Å². The number of nitrogens with zero attached hydrogens (tertiary/aromatic N) is 1. The van der Waals surface area contributed by atoms with E-state index in [1.54, 1.807) is 35.2 Å². The predicted octanol–water partition coefficient (Wildman–Crippen LogP) is 5.13. The SMILES string of the molecule is O=C(O)c1cccc(CN2C(=O)C(=C(c3ccccc3)c3ccc(S(=O)[O-])cc3)c3ccccc32)c1. The molecule has 178 valence electrons. The molecule has 0 bridgehead atoms. The third-order valence-electron chi connectivity index (χ3n) is 6.09. The van der Waals surface area contributed by atoms with E-state index in [0.29, 0.717) is 22.3 Å². The van der Waals surface area contributed by atoms with Crippen LogP contribution in [-0.4, -0.2) is 25.7 Å². The minimum Gasteiger partial charge on any atom is -0.768 e. The summed E-state index contributed by atoms with van der Waals surface area (Å²) < 4.78 is 22.8. The third-order valence-corrected chi connectivity index (χ3v) is 6.74. The fraction of sp³-hybridized carbons (Fsp3) is 0.0345. The number of anilines is 1. The molecule has 0 radical (unpaired) electrons. The molecule has 5 rings (SSSR count). The van der Waals surface area contributed by atoms with Crippen molar-refractivity contribution in [3.8, 4) is 0 Å². The number of fused-ring (bicyclic) bond motifs is 1. The van der Waals surface area contributed by atoms with Crippen LogP contribution in [0.15, 0.2) is 108 Å². The molecule has 0 fully saturated rings. The lowest BCUT2D eigenvalue weighted by Crippen LogP contribution is -2.26. The van der Waals surface area contributed by atoms with Crippen molar-refractivity contribution in [2.24, 2.45) is 0 Å². The molecule has 7 heteroatoms. The van der Waals surface area contributed by atoms with Crippen LogP contribution in [0.2, 0.25) is 0 Å². The summed E-state index contributed by atoms with van der Waals surface area (Å²) >= 11 is -2.36. The van der Waals surface area contributed by atoms with E-state index in [1.807, 2.05) is 54.6 Å². The number of hydrogen-bond donors (Lipinski definition) is 1. The van der Waals surface area contributed by atoms with Gasteiger partial charge in [0, 0.05) is 16.0 Å². The van der Waals surface area contributed by atoms with Crippen LogP contribution in [0.4, 0.5) is 5.69 Å². The zero-order chi connectivity index (χ0) is 25.2. The maximum atomic E-state index is 14.0. The van der Waals surface area contributed by atoms with Crippen LogP contribution >= 0.6 is 0 Å². The van der Waals surface area contributed by atoms with Crippen molar-refractivity contribution >= 4 is 39.8 Å². The second-order valence-electron chi connectivity index (χ2n) is 8.29. The molecule has 0 aliphatic carbocycles. The summed E-state index contributed by atoms with van der Waals surface area (Å²) in [5.41, 5.74) is 5.06. The summed E-state index contributed by atoms with van der Waals surface area (Å²) in [6.45, 7) is 0.205. The van der Waals surface area contributed by atoms with Crippen LogP contribution < -0.4 is 4.90 Å². The molecule has 36 heavy (non-hydrogen) atoms. The zero-order valence-electron chi connectivity index (χ0n) is 19.0. The monoisotopic (exact) mass is 494 g/mol. The maximum absolute atomic E-state index is 14.0. The van der Waals surface area contributed by atoms with Gasteiger partial charge in [0.05, 0.1) is 23.4 Å². The van der Waals surface area contributed by atoms with Crippen LogP contribution in [0.25, 0.3) is 11.1 Å². The Morgan fingerprint density at radius 1 is 0.806 bits per heavy atom. The highest BCUT2D eigenvalue weighted by Crippen LogP contribution is 2.43. The van der Waals surface area contributed by atoms with E-state index in [1.165, 1.54) is 18.2 Å². The van der Waals surface area contributed by atoms with Crippen molar-refractivity contribution in [2.75, 3.05) is 4.90 Å². The molecule has 1 unspecified atom stereocenters. The fourth-order valence-electron chi connectivity index (χ4n) is 4.46. The summed E-state index contributed by atoms with van der Waals surface area (Å²) in [5, 5.41) is 9.37. The second-order valence-corrected chi connectivity index (χ2v) is 9.23. The van der Waals surface area contributed by atoms with Gasteiger partial charge in [-0.2, -0.15) is 0 Å². The predicted molar refractivity (Wildman–Crippen MR) is 137 cm³/mol. The Morgan fingerprint density at radius 2 is 1.44 bits per heavy atom. The van der Waals surface area contributed by atoms with Crippen molar-refractivity contribution < 1.29 is 23.5 Å². The average molecular weight is 495 g/mol. The Hall–Kier alpha value is -4.33. The van der Waals surface area contributed by atoms with Gasteiger partial charge in [-0.05, 0) is 58.1 Å². The Labute approximate surface area is 210 Å². The van der Waals surface area contributed by atoms with Gasteiger partial charge in [0.25, 0.3) is 5.91 Å². The highest BCUT2D eigenvalue weighted by molar-refractivity contribution is 7.79. The first-order valence-electron chi connectivity index (χ1n) is 11.2. The van der Waals surface area contributed by atoms with Crippen LogP contribution in [0.3, 0.4) is 0 Å². The van der Waals surface area contributed by atoms with Gasteiger partial charge in [0.15, 0.2) is 0 Å². The normalized spacial score (nSPS) is 14.9. The molecule has 1 atom stereocenters. The quantitative estimate of drug-likeness (QED) is 0.296. The lowest BCUT2D eigenvalue weighted by atomic mass is 9.90. The minimum absolute atomic E-state index is 0.157. The Kier molecular flexibility index (Phi) is 6.33. The molecule has 0 saturated carbocycles. The Balaban J connectivity index is 1.68. The lowest BCUT2D eigenvalue weighted by molar-refractivity contribution is -0.113. The highest BCUT2D eigenvalue weighted by atomic mass is 32.2. The minimum atomic E-state index is -2.36. The topological polar surface area (TPSA) is 97.7 Å². The van der Waals surface area contributed by atoms with Crippen LogP contribution in [0.5, 0.6) is 0 Å². The number of carbonyl (C=O) groups excluding carboxylic acids is 1. The van der Waals surface area contributed by atoms with Gasteiger partial charge in [-0.3, -0.25) is 9.00 Å². The van der Waals surface area contributed by atoms with E-state index in [2.05, 4.69) is 0 Å². The molecule has 1 amide bonds. The number of carbonyl (C=O) groups is 2. The third kappa shape index (κ3) is 4.37. The fourth-order valence-corrected chi connectivity index (χ4v) is 4.82. The van der Waals surface area contributed by atoms with Crippen LogP contribution in [0.1, 0.15) is 32.6 Å². The number of rotatable bonds is 6. The van der Waals surface area contributed by atoms with Gasteiger partial charge in [-0.25, -0.2) is 4.79 Å². The molecular weight excluding hydrogens is 474 g/mol. The molecule has 0 spiro atoms. The van der Waals surface area contributed by atoms with Crippen molar-refractivity contribution in [1.82, 2.24) is 0 Å². The smallest absolute Gasteiger partial charge is 0.335 e. The van der Waals surface area contributed by atoms with E-state index in [-0.39, 0.29) is 22.9 Å². The molecule has 1 aliphatic rings. The number of carboxylic acid groups (broad SMARTS) is 1. The summed E-state index contributed by atoms with van der Waals surface area (Å²) in [7, 11) is 0. The van der Waals surface area contributed by atoms with Crippen LogP contribution in [0, 0.1) is 0 Å². The first-order chi connectivity index (χ1) is 17.4. The highest BCUT2D eigenvalue weighted by Gasteiger charge is 2.35. The number of amides is 1. The number of aromatic carboxylic acids is 1. The number of carboxylic acids is 1. The molecule has 1 aliphatic heterocycles. The van der Waals surface area contributed by atoms with Crippen molar-refractivity contribution in [1.29, 1.82) is 0 Å². The molecule has 1 heterocycles. The van der Waals surface area contributed by atoms with Gasteiger partial charge < -0.3 is 14.6 Å². The molecular formula is C29H20NO5S-. The van der Waals surface area contributed by atoms with E-state index in [0.717, 1.165) is 16.8 Å². The first kappa shape index (κ1) is 23.4. The standard InChI is InChI=1S/C29H21NO5S/c31-28-27(26(20-8-2-1-3-9-20)21-13-15-23(16-14-21)36(34)35)24-11-4-5-12-25(24)30(28)18-19-7-6-10-22(17-19)29(32)33/h1-17H,18H2,(H,32,33)(H,34,35)/p-1. The van der Waals surface area contributed by atoms with Gasteiger partial charge in [-0.15, -0.1) is 0 Å². The molecule has 4 aromatic carbocycles. The number of benzene rings is 4. The second kappa shape index (κ2) is 9.73. The molecule has 0 saturated heterocycles. The molecule has 6 nitrogen and oxygen atoms in total. The Bertz CT molecular complexity index is 1530. The van der Waals surface area contributed by atoms with Crippen molar-refractivity contribution in [2.45, 2.75) is 11.4 Å². The number of hydrogen-bond acceptors (Lipinski definition) is 4. The molecule has 0 aromatic heterocycles. The molecule has 4 aromatic rings. The average Bonchev–Trinajstić information content (AvgIpc) is 3.16. The van der Waals surface area contributed by atoms with E-state index in [9.17, 15) is 23.5 Å². The van der Waals surface area contributed by atoms with E-state index in [4.69, 9.17) is 0 Å². The maximum Gasteiger partial charge on any atom is 0.335 e. The van der Waals surface area contributed by atoms with Crippen LogP contribution in [-0.2, 0) is 22.4 Å². The van der Waals surface area contributed by atoms with Crippen molar-refractivity contribution in [3.05, 3.63) is 131 Å². The molecule has 1 N–H and O–H groups in total. The van der Waals surface area contributed by atoms with Crippen molar-refractivity contribution in [3.63, 3.8) is 0 Å². The van der Waals surface area contributed by atoms with Gasteiger partial charge in [0.1, 0.15) is 0 Å². The summed E-state index contributed by atoms with van der Waals surface area (Å²) in [4.78, 5) is 27.3. The largest absolute Gasteiger partial charge is 0.768 e. The summed E-state index contributed by atoms with van der Waals surface area (Å²) in [5.74, 6) is -1.24.